The lowest BCUT2D eigenvalue weighted by Crippen LogP contribution is -2.09. The molecule has 9 heavy (non-hydrogen) atoms. The SMILES string of the molecule is C[C@H]1CC(=O)[C@H](CO)C1. The van der Waals surface area contributed by atoms with Crippen molar-refractivity contribution in [3.05, 3.63) is 0 Å². The van der Waals surface area contributed by atoms with E-state index in [1.165, 1.54) is 0 Å². The minimum absolute atomic E-state index is 0.0417. The molecule has 1 aliphatic rings. The molecule has 2 nitrogen and oxygen atoms in total. The molecule has 0 heterocycles. The van der Waals surface area contributed by atoms with Gasteiger partial charge in [0.15, 0.2) is 0 Å². The Morgan fingerprint density at radius 2 is 2.44 bits per heavy atom. The van der Waals surface area contributed by atoms with Crippen molar-refractivity contribution in [2.75, 3.05) is 6.61 Å². The molecule has 1 fully saturated rings. The molecule has 0 radical (unpaired) electrons. The predicted molar refractivity (Wildman–Crippen MR) is 34.0 cm³/mol. The summed E-state index contributed by atoms with van der Waals surface area (Å²) in [6.45, 7) is 2.09. The Balaban J connectivity index is 2.48. The summed E-state index contributed by atoms with van der Waals surface area (Å²) in [5.41, 5.74) is 0. The summed E-state index contributed by atoms with van der Waals surface area (Å²) in [5, 5.41) is 8.63. The number of carbonyl (C=O) groups is 1. The molecule has 1 aliphatic carbocycles. The lowest BCUT2D eigenvalue weighted by Gasteiger charge is -1.99. The van der Waals surface area contributed by atoms with E-state index in [0.717, 1.165) is 6.42 Å². The third-order valence-corrected chi connectivity index (χ3v) is 1.91. The van der Waals surface area contributed by atoms with Crippen molar-refractivity contribution < 1.29 is 9.90 Å². The normalized spacial score (nSPS) is 35.6. The van der Waals surface area contributed by atoms with Gasteiger partial charge in [-0.3, -0.25) is 4.79 Å². The van der Waals surface area contributed by atoms with Crippen molar-refractivity contribution in [2.24, 2.45) is 11.8 Å². The summed E-state index contributed by atoms with van der Waals surface area (Å²) in [6, 6.07) is 0. The molecule has 2 heteroatoms. The number of hydrogen-bond donors (Lipinski definition) is 1. The molecule has 0 amide bonds. The molecule has 2 atom stereocenters. The Bertz CT molecular complexity index is 120. The summed E-state index contributed by atoms with van der Waals surface area (Å²) in [6.07, 6.45) is 1.56. The van der Waals surface area contributed by atoms with E-state index < -0.39 is 0 Å². The summed E-state index contributed by atoms with van der Waals surface area (Å²) in [5.74, 6) is 0.694. The highest BCUT2D eigenvalue weighted by atomic mass is 16.3. The zero-order chi connectivity index (χ0) is 6.85. The molecule has 0 saturated heterocycles. The zero-order valence-electron chi connectivity index (χ0n) is 5.63. The Morgan fingerprint density at radius 3 is 2.67 bits per heavy atom. The van der Waals surface area contributed by atoms with Crippen LogP contribution >= 0.6 is 0 Å². The van der Waals surface area contributed by atoms with Crippen LogP contribution in [0.25, 0.3) is 0 Å². The van der Waals surface area contributed by atoms with Crippen molar-refractivity contribution in [3.8, 4) is 0 Å². The highest BCUT2D eigenvalue weighted by Gasteiger charge is 2.28. The number of ketones is 1. The van der Waals surface area contributed by atoms with Gasteiger partial charge >= 0.3 is 0 Å². The Labute approximate surface area is 54.9 Å². The fourth-order valence-corrected chi connectivity index (χ4v) is 1.39. The lowest BCUT2D eigenvalue weighted by molar-refractivity contribution is -0.121. The number of hydrogen-bond acceptors (Lipinski definition) is 2. The second-order valence-electron chi connectivity index (χ2n) is 2.89. The first kappa shape index (κ1) is 6.75. The maximum absolute atomic E-state index is 10.9. The quantitative estimate of drug-likeness (QED) is 0.561. The highest BCUT2D eigenvalue weighted by molar-refractivity contribution is 5.83. The van der Waals surface area contributed by atoms with Crippen molar-refractivity contribution in [2.45, 2.75) is 19.8 Å². The number of aliphatic hydroxyl groups is 1. The minimum Gasteiger partial charge on any atom is -0.396 e. The van der Waals surface area contributed by atoms with Crippen molar-refractivity contribution in [1.82, 2.24) is 0 Å². The van der Waals surface area contributed by atoms with E-state index in [1.54, 1.807) is 0 Å². The summed E-state index contributed by atoms with van der Waals surface area (Å²) in [4.78, 5) is 10.9. The molecule has 1 N–H and O–H groups in total. The van der Waals surface area contributed by atoms with Crippen molar-refractivity contribution in [3.63, 3.8) is 0 Å². The maximum Gasteiger partial charge on any atom is 0.138 e. The summed E-state index contributed by atoms with van der Waals surface area (Å²) in [7, 11) is 0. The van der Waals surface area contributed by atoms with E-state index >= 15 is 0 Å². The molecule has 0 aromatic rings. The van der Waals surface area contributed by atoms with Gasteiger partial charge in [-0.05, 0) is 12.3 Å². The fourth-order valence-electron chi connectivity index (χ4n) is 1.39. The first-order valence-electron chi connectivity index (χ1n) is 3.37. The van der Waals surface area contributed by atoms with E-state index in [-0.39, 0.29) is 18.3 Å². The van der Waals surface area contributed by atoms with Gasteiger partial charge in [0.05, 0.1) is 6.61 Å². The van der Waals surface area contributed by atoms with Gasteiger partial charge in [-0.15, -0.1) is 0 Å². The van der Waals surface area contributed by atoms with Crippen LogP contribution in [-0.4, -0.2) is 17.5 Å². The average molecular weight is 128 g/mol. The molecule has 0 spiro atoms. The van der Waals surface area contributed by atoms with Gasteiger partial charge in [0.1, 0.15) is 5.78 Å². The van der Waals surface area contributed by atoms with Gasteiger partial charge in [-0.25, -0.2) is 0 Å². The molecular weight excluding hydrogens is 116 g/mol. The second-order valence-corrected chi connectivity index (χ2v) is 2.89. The summed E-state index contributed by atoms with van der Waals surface area (Å²) >= 11 is 0. The Morgan fingerprint density at radius 1 is 1.78 bits per heavy atom. The van der Waals surface area contributed by atoms with Gasteiger partial charge in [0, 0.05) is 12.3 Å². The number of Topliss-reactive ketones (excluding diaryl/α,β-unsaturated/α-hetero) is 1. The van der Waals surface area contributed by atoms with Gasteiger partial charge in [0.25, 0.3) is 0 Å². The Kier molecular flexibility index (Phi) is 1.86. The second kappa shape index (κ2) is 2.48. The van der Waals surface area contributed by atoms with Crippen LogP contribution < -0.4 is 0 Å². The maximum atomic E-state index is 10.9. The largest absolute Gasteiger partial charge is 0.396 e. The van der Waals surface area contributed by atoms with Crippen LogP contribution in [0.15, 0.2) is 0 Å². The van der Waals surface area contributed by atoms with E-state index in [1.807, 2.05) is 6.92 Å². The molecule has 0 unspecified atom stereocenters. The zero-order valence-corrected chi connectivity index (χ0v) is 5.63. The van der Waals surface area contributed by atoms with E-state index in [2.05, 4.69) is 0 Å². The van der Waals surface area contributed by atoms with E-state index in [0.29, 0.717) is 12.3 Å². The molecule has 1 rings (SSSR count). The van der Waals surface area contributed by atoms with Crippen LogP contribution in [-0.2, 0) is 4.79 Å². The predicted octanol–water partition coefficient (Wildman–Crippen LogP) is 0.594. The van der Waals surface area contributed by atoms with Crippen LogP contribution in [0.5, 0.6) is 0 Å². The molecule has 0 aromatic heterocycles. The lowest BCUT2D eigenvalue weighted by atomic mass is 10.1. The smallest absolute Gasteiger partial charge is 0.138 e. The molecule has 0 aliphatic heterocycles. The number of aliphatic hydroxyl groups excluding tert-OH is 1. The monoisotopic (exact) mass is 128 g/mol. The van der Waals surface area contributed by atoms with Crippen molar-refractivity contribution in [1.29, 1.82) is 0 Å². The van der Waals surface area contributed by atoms with E-state index in [4.69, 9.17) is 5.11 Å². The van der Waals surface area contributed by atoms with E-state index in [9.17, 15) is 4.79 Å². The van der Waals surface area contributed by atoms with Gasteiger partial charge in [-0.2, -0.15) is 0 Å². The van der Waals surface area contributed by atoms with Gasteiger partial charge in [0.2, 0.25) is 0 Å². The Hall–Kier alpha value is -0.370. The number of carbonyl (C=O) groups excluding carboxylic acids is 1. The van der Waals surface area contributed by atoms with Gasteiger partial charge in [-0.1, -0.05) is 6.92 Å². The first-order chi connectivity index (χ1) is 4.24. The van der Waals surface area contributed by atoms with Crippen LogP contribution in [0.2, 0.25) is 0 Å². The van der Waals surface area contributed by atoms with Gasteiger partial charge < -0.3 is 5.11 Å². The molecule has 0 bridgehead atoms. The standard InChI is InChI=1S/C7H12O2/c1-5-2-6(4-8)7(9)3-5/h5-6,8H,2-4H2,1H3/t5-,6+/m1/s1. The molecular formula is C7H12O2. The molecule has 0 aromatic carbocycles. The topological polar surface area (TPSA) is 37.3 Å². The van der Waals surface area contributed by atoms with Crippen LogP contribution in [0.1, 0.15) is 19.8 Å². The number of rotatable bonds is 1. The molecule has 52 valence electrons. The van der Waals surface area contributed by atoms with Crippen LogP contribution in [0.3, 0.4) is 0 Å². The molecule has 1 saturated carbocycles. The summed E-state index contributed by atoms with van der Waals surface area (Å²) < 4.78 is 0. The van der Waals surface area contributed by atoms with Crippen LogP contribution in [0.4, 0.5) is 0 Å². The third-order valence-electron chi connectivity index (χ3n) is 1.91. The average Bonchev–Trinajstić information content (AvgIpc) is 2.10. The van der Waals surface area contributed by atoms with Crippen LogP contribution in [0, 0.1) is 11.8 Å². The highest BCUT2D eigenvalue weighted by Crippen LogP contribution is 2.26. The fraction of sp³-hybridized carbons (Fsp3) is 0.857. The first-order valence-corrected chi connectivity index (χ1v) is 3.37. The third kappa shape index (κ3) is 1.30. The van der Waals surface area contributed by atoms with Crippen molar-refractivity contribution >= 4 is 5.78 Å². The minimum atomic E-state index is -0.0417.